The van der Waals surface area contributed by atoms with Gasteiger partial charge in [0.25, 0.3) is 0 Å². The lowest BCUT2D eigenvalue weighted by molar-refractivity contribution is 0.0971. The zero-order chi connectivity index (χ0) is 11.5. The van der Waals surface area contributed by atoms with Crippen molar-refractivity contribution in [1.82, 2.24) is 5.32 Å². The third kappa shape index (κ3) is 2.50. The summed E-state index contributed by atoms with van der Waals surface area (Å²) in [6, 6.07) is 6.45. The quantitative estimate of drug-likeness (QED) is 0.789. The average molecular weight is 217 g/mol. The van der Waals surface area contributed by atoms with Crippen molar-refractivity contribution in [3.8, 4) is 0 Å². The molecule has 1 aromatic rings. The Kier molecular flexibility index (Phi) is 3.39. The third-order valence-electron chi connectivity index (χ3n) is 3.28. The number of hydrogen-bond donors (Lipinski definition) is 1. The summed E-state index contributed by atoms with van der Waals surface area (Å²) in [7, 11) is 0. The summed E-state index contributed by atoms with van der Waals surface area (Å²) in [4.78, 5) is 12.1. The Morgan fingerprint density at radius 3 is 2.88 bits per heavy atom. The van der Waals surface area contributed by atoms with Gasteiger partial charge in [-0.2, -0.15) is 0 Å². The van der Waals surface area contributed by atoms with Crippen LogP contribution in [0.3, 0.4) is 0 Å². The highest BCUT2D eigenvalue weighted by Gasteiger charge is 2.19. The molecule has 1 atom stereocenters. The number of nitrogens with one attached hydrogen (secondary N) is 1. The SMILES string of the molecule is Cc1ccc(C(=O)CC2CCCN2)c(C)c1. The van der Waals surface area contributed by atoms with Crippen LogP contribution < -0.4 is 5.32 Å². The van der Waals surface area contributed by atoms with Crippen LogP contribution in [0.15, 0.2) is 18.2 Å². The summed E-state index contributed by atoms with van der Waals surface area (Å²) < 4.78 is 0. The smallest absolute Gasteiger partial charge is 0.164 e. The van der Waals surface area contributed by atoms with Gasteiger partial charge in [0.15, 0.2) is 5.78 Å². The molecule has 16 heavy (non-hydrogen) atoms. The van der Waals surface area contributed by atoms with E-state index in [0.29, 0.717) is 12.5 Å². The number of carbonyl (C=O) groups excluding carboxylic acids is 1. The van der Waals surface area contributed by atoms with Crippen LogP contribution in [0.5, 0.6) is 0 Å². The zero-order valence-corrected chi connectivity index (χ0v) is 10.0. The van der Waals surface area contributed by atoms with E-state index >= 15 is 0 Å². The van der Waals surface area contributed by atoms with Crippen LogP contribution in [0, 0.1) is 13.8 Å². The van der Waals surface area contributed by atoms with Gasteiger partial charge in [0.2, 0.25) is 0 Å². The van der Waals surface area contributed by atoms with Crippen molar-refractivity contribution in [2.45, 2.75) is 39.2 Å². The summed E-state index contributed by atoms with van der Waals surface area (Å²) in [6.07, 6.45) is 2.98. The molecular weight excluding hydrogens is 198 g/mol. The van der Waals surface area contributed by atoms with Gasteiger partial charge < -0.3 is 5.32 Å². The summed E-state index contributed by atoms with van der Waals surface area (Å²) in [6.45, 7) is 5.13. The standard InChI is InChI=1S/C14H19NO/c1-10-5-6-13(11(2)8-10)14(16)9-12-4-3-7-15-12/h5-6,8,12,15H,3-4,7,9H2,1-2H3. The van der Waals surface area contributed by atoms with Crippen LogP contribution in [0.25, 0.3) is 0 Å². The second-order valence-corrected chi connectivity index (χ2v) is 4.74. The molecule has 86 valence electrons. The van der Waals surface area contributed by atoms with Crippen LogP contribution in [0.4, 0.5) is 0 Å². The van der Waals surface area contributed by atoms with Crippen molar-refractivity contribution >= 4 is 5.78 Å². The van der Waals surface area contributed by atoms with Crippen molar-refractivity contribution in [2.75, 3.05) is 6.54 Å². The molecule has 0 aromatic heterocycles. The average Bonchev–Trinajstić information content (AvgIpc) is 2.70. The predicted octanol–water partition coefficient (Wildman–Crippen LogP) is 2.63. The Hall–Kier alpha value is -1.15. The fraction of sp³-hybridized carbons (Fsp3) is 0.500. The van der Waals surface area contributed by atoms with Gasteiger partial charge in [0.1, 0.15) is 0 Å². The first-order valence-electron chi connectivity index (χ1n) is 6.00. The van der Waals surface area contributed by atoms with Crippen LogP contribution in [0.1, 0.15) is 40.7 Å². The van der Waals surface area contributed by atoms with E-state index in [0.717, 1.165) is 24.1 Å². The van der Waals surface area contributed by atoms with Gasteiger partial charge in [0, 0.05) is 18.0 Å². The molecular formula is C14H19NO. The van der Waals surface area contributed by atoms with Gasteiger partial charge in [-0.25, -0.2) is 0 Å². The molecule has 1 aliphatic rings. The molecule has 2 nitrogen and oxygen atoms in total. The highest BCUT2D eigenvalue weighted by atomic mass is 16.1. The Morgan fingerprint density at radius 2 is 2.25 bits per heavy atom. The minimum atomic E-state index is 0.275. The lowest BCUT2D eigenvalue weighted by atomic mass is 9.97. The van der Waals surface area contributed by atoms with E-state index < -0.39 is 0 Å². The number of benzene rings is 1. The maximum Gasteiger partial charge on any atom is 0.164 e. The van der Waals surface area contributed by atoms with E-state index in [1.54, 1.807) is 0 Å². The molecule has 1 fully saturated rings. The minimum Gasteiger partial charge on any atom is -0.314 e. The molecule has 1 aliphatic heterocycles. The highest BCUT2D eigenvalue weighted by molar-refractivity contribution is 5.97. The summed E-state index contributed by atoms with van der Waals surface area (Å²) in [5.41, 5.74) is 3.20. The van der Waals surface area contributed by atoms with Crippen LogP contribution in [-0.2, 0) is 0 Å². The maximum atomic E-state index is 12.1. The molecule has 0 radical (unpaired) electrons. The van der Waals surface area contributed by atoms with E-state index in [-0.39, 0.29) is 5.78 Å². The highest BCUT2D eigenvalue weighted by Crippen LogP contribution is 2.16. The molecule has 0 aliphatic carbocycles. The Balaban J connectivity index is 2.08. The summed E-state index contributed by atoms with van der Waals surface area (Å²) >= 11 is 0. The number of carbonyl (C=O) groups is 1. The monoisotopic (exact) mass is 217 g/mol. The molecule has 0 amide bonds. The molecule has 1 aromatic carbocycles. The Labute approximate surface area is 97.1 Å². The fourth-order valence-corrected chi connectivity index (χ4v) is 2.39. The van der Waals surface area contributed by atoms with E-state index in [1.165, 1.54) is 12.0 Å². The van der Waals surface area contributed by atoms with E-state index in [9.17, 15) is 4.79 Å². The Morgan fingerprint density at radius 1 is 1.44 bits per heavy atom. The van der Waals surface area contributed by atoms with E-state index in [1.807, 2.05) is 19.1 Å². The van der Waals surface area contributed by atoms with Gasteiger partial charge in [0.05, 0.1) is 0 Å². The molecule has 1 unspecified atom stereocenters. The first-order chi connectivity index (χ1) is 7.66. The van der Waals surface area contributed by atoms with E-state index in [4.69, 9.17) is 0 Å². The number of rotatable bonds is 3. The summed E-state index contributed by atoms with van der Waals surface area (Å²) in [5, 5.41) is 3.37. The molecule has 2 rings (SSSR count). The zero-order valence-electron chi connectivity index (χ0n) is 10.0. The molecule has 0 bridgehead atoms. The van der Waals surface area contributed by atoms with Crippen LogP contribution >= 0.6 is 0 Å². The topological polar surface area (TPSA) is 29.1 Å². The first-order valence-corrected chi connectivity index (χ1v) is 6.00. The number of aryl methyl sites for hydroxylation is 2. The predicted molar refractivity (Wildman–Crippen MR) is 65.9 cm³/mol. The molecule has 0 spiro atoms. The lowest BCUT2D eigenvalue weighted by Gasteiger charge is -2.10. The Bertz CT molecular complexity index is 392. The van der Waals surface area contributed by atoms with Crippen molar-refractivity contribution in [3.63, 3.8) is 0 Å². The van der Waals surface area contributed by atoms with Gasteiger partial charge in [-0.05, 0) is 38.8 Å². The van der Waals surface area contributed by atoms with E-state index in [2.05, 4.69) is 18.3 Å². The number of Topliss-reactive ketones (excluding diaryl/α,β-unsaturated/α-hetero) is 1. The summed E-state index contributed by atoms with van der Waals surface area (Å²) in [5.74, 6) is 0.275. The number of hydrogen-bond acceptors (Lipinski definition) is 2. The second kappa shape index (κ2) is 4.79. The third-order valence-corrected chi connectivity index (χ3v) is 3.28. The van der Waals surface area contributed by atoms with Crippen molar-refractivity contribution < 1.29 is 4.79 Å². The molecule has 1 saturated heterocycles. The van der Waals surface area contributed by atoms with Gasteiger partial charge >= 0.3 is 0 Å². The van der Waals surface area contributed by atoms with Crippen LogP contribution in [-0.4, -0.2) is 18.4 Å². The lowest BCUT2D eigenvalue weighted by Crippen LogP contribution is -2.24. The van der Waals surface area contributed by atoms with Gasteiger partial charge in [-0.3, -0.25) is 4.79 Å². The molecule has 0 saturated carbocycles. The molecule has 2 heteroatoms. The normalized spacial score (nSPS) is 20.0. The van der Waals surface area contributed by atoms with Gasteiger partial charge in [-0.1, -0.05) is 23.8 Å². The van der Waals surface area contributed by atoms with Gasteiger partial charge in [-0.15, -0.1) is 0 Å². The molecule has 1 heterocycles. The maximum absolute atomic E-state index is 12.1. The minimum absolute atomic E-state index is 0.275. The van der Waals surface area contributed by atoms with Crippen molar-refractivity contribution in [1.29, 1.82) is 0 Å². The van der Waals surface area contributed by atoms with Crippen molar-refractivity contribution in [2.24, 2.45) is 0 Å². The van der Waals surface area contributed by atoms with Crippen LogP contribution in [0.2, 0.25) is 0 Å². The fourth-order valence-electron chi connectivity index (χ4n) is 2.39. The van der Waals surface area contributed by atoms with Crippen molar-refractivity contribution in [3.05, 3.63) is 34.9 Å². The molecule has 1 N–H and O–H groups in total. The largest absolute Gasteiger partial charge is 0.314 e. The number of ketones is 1. The first kappa shape index (κ1) is 11.3. The second-order valence-electron chi connectivity index (χ2n) is 4.74.